The van der Waals surface area contributed by atoms with Crippen molar-refractivity contribution in [3.63, 3.8) is 0 Å². The standard InChI is InChI=1S/C19H19F5OS/c20-26(21,22,23,24)15-16-8-7-13-25-19(14-16,17-9-3-1-4-10-17)18-11-5-2-6-12-18/h1-6,9-12,15H,7-8,13-14H2/b16-15-. The highest BCUT2D eigenvalue weighted by molar-refractivity contribution is 8.48. The summed E-state index contributed by atoms with van der Waals surface area (Å²) in [5.41, 5.74) is -0.287. The summed E-state index contributed by atoms with van der Waals surface area (Å²) in [5, 5.41) is -0.727. The van der Waals surface area contributed by atoms with E-state index in [0.29, 0.717) is 11.1 Å². The predicted molar refractivity (Wildman–Crippen MR) is 94.7 cm³/mol. The van der Waals surface area contributed by atoms with Gasteiger partial charge in [-0.25, -0.2) is 0 Å². The smallest absolute Gasteiger partial charge is 0.304 e. The van der Waals surface area contributed by atoms with Crippen molar-refractivity contribution in [2.45, 2.75) is 24.9 Å². The Hall–Kier alpha value is -1.86. The highest BCUT2D eigenvalue weighted by Gasteiger charge is 2.61. The van der Waals surface area contributed by atoms with Crippen LogP contribution in [0.4, 0.5) is 19.4 Å². The van der Waals surface area contributed by atoms with E-state index < -0.39 is 21.2 Å². The molecule has 1 aliphatic heterocycles. The van der Waals surface area contributed by atoms with Crippen molar-refractivity contribution >= 4 is 10.2 Å². The summed E-state index contributed by atoms with van der Waals surface area (Å²) in [7, 11) is -9.66. The first kappa shape index (κ1) is 18.9. The molecule has 1 heterocycles. The molecule has 2 aromatic rings. The molecule has 1 saturated heterocycles. The molecular formula is C19H19F5OS. The second kappa shape index (κ2) is 5.82. The summed E-state index contributed by atoms with van der Waals surface area (Å²) in [6, 6.07) is 17.6. The zero-order valence-electron chi connectivity index (χ0n) is 13.9. The zero-order chi connectivity index (χ0) is 19.0. The average Bonchev–Trinajstić information content (AvgIpc) is 2.77. The first-order valence-corrected chi connectivity index (χ1v) is 10.2. The molecule has 0 radical (unpaired) electrons. The maximum absolute atomic E-state index is 13.1. The molecule has 0 aromatic heterocycles. The maximum atomic E-state index is 13.1. The van der Waals surface area contributed by atoms with Gasteiger partial charge in [-0.15, -0.1) is 0 Å². The highest BCUT2D eigenvalue weighted by Crippen LogP contribution is 2.99. The SMILES string of the molecule is FS(F)(F)(F)(F)/C=C1/CCCOC(c2ccccc2)(c2ccccc2)C1. The van der Waals surface area contributed by atoms with Crippen LogP contribution in [0.3, 0.4) is 0 Å². The van der Waals surface area contributed by atoms with Crippen molar-refractivity contribution < 1.29 is 24.2 Å². The van der Waals surface area contributed by atoms with Gasteiger partial charge in [-0.2, -0.15) is 0 Å². The second-order valence-corrected chi connectivity index (χ2v) is 8.79. The molecule has 0 aliphatic carbocycles. The molecule has 0 N–H and O–H groups in total. The van der Waals surface area contributed by atoms with Crippen LogP contribution in [0.1, 0.15) is 30.4 Å². The summed E-state index contributed by atoms with van der Waals surface area (Å²) in [5.74, 6) is 0. The van der Waals surface area contributed by atoms with Crippen molar-refractivity contribution in [2.75, 3.05) is 6.61 Å². The largest absolute Gasteiger partial charge is 0.365 e. The van der Waals surface area contributed by atoms with Crippen LogP contribution in [0.25, 0.3) is 0 Å². The van der Waals surface area contributed by atoms with E-state index in [9.17, 15) is 19.4 Å². The van der Waals surface area contributed by atoms with E-state index in [1.54, 1.807) is 60.7 Å². The van der Waals surface area contributed by atoms with Crippen molar-refractivity contribution in [2.24, 2.45) is 0 Å². The highest BCUT2D eigenvalue weighted by atomic mass is 32.5. The first-order chi connectivity index (χ1) is 12.0. The molecule has 0 saturated carbocycles. The van der Waals surface area contributed by atoms with Gasteiger partial charge in [0.05, 0.1) is 5.41 Å². The normalized spacial score (nSPS) is 22.3. The van der Waals surface area contributed by atoms with E-state index in [4.69, 9.17) is 4.74 Å². The van der Waals surface area contributed by atoms with Gasteiger partial charge in [0.15, 0.2) is 0 Å². The molecule has 26 heavy (non-hydrogen) atoms. The number of rotatable bonds is 3. The monoisotopic (exact) mass is 390 g/mol. The van der Waals surface area contributed by atoms with Gasteiger partial charge in [0, 0.05) is 13.0 Å². The van der Waals surface area contributed by atoms with Crippen molar-refractivity contribution in [1.82, 2.24) is 0 Å². The van der Waals surface area contributed by atoms with Crippen LogP contribution in [0.5, 0.6) is 0 Å². The van der Waals surface area contributed by atoms with Crippen LogP contribution in [0, 0.1) is 0 Å². The van der Waals surface area contributed by atoms with Crippen LogP contribution in [-0.2, 0) is 10.3 Å². The molecule has 0 atom stereocenters. The number of benzene rings is 2. The lowest BCUT2D eigenvalue weighted by atomic mass is 9.81. The summed E-state index contributed by atoms with van der Waals surface area (Å²) >= 11 is 0. The third kappa shape index (κ3) is 4.65. The van der Waals surface area contributed by atoms with Gasteiger partial charge < -0.3 is 4.74 Å². The van der Waals surface area contributed by atoms with E-state index in [0.717, 1.165) is 0 Å². The number of hydrogen-bond acceptors (Lipinski definition) is 1. The molecular weight excluding hydrogens is 371 g/mol. The van der Waals surface area contributed by atoms with Crippen LogP contribution in [0.15, 0.2) is 71.6 Å². The molecule has 7 heteroatoms. The molecule has 0 unspecified atom stereocenters. The topological polar surface area (TPSA) is 9.23 Å². The van der Waals surface area contributed by atoms with Gasteiger partial charge in [-0.3, -0.25) is 0 Å². The minimum Gasteiger partial charge on any atom is -0.365 e. The third-order valence-corrected chi connectivity index (χ3v) is 5.12. The fourth-order valence-electron chi connectivity index (χ4n) is 3.37. The first-order valence-electron chi connectivity index (χ1n) is 8.17. The zero-order valence-corrected chi connectivity index (χ0v) is 14.7. The number of halogens is 5. The van der Waals surface area contributed by atoms with E-state index >= 15 is 0 Å². The third-order valence-electron chi connectivity index (χ3n) is 4.34. The molecule has 2 aromatic carbocycles. The fraction of sp³-hybridized carbons (Fsp3) is 0.263. The predicted octanol–water partition coefficient (Wildman–Crippen LogP) is 7.31. The molecule has 3 rings (SSSR count). The van der Waals surface area contributed by atoms with Crippen LogP contribution in [-0.4, -0.2) is 6.61 Å². The molecule has 0 bridgehead atoms. The lowest BCUT2D eigenvalue weighted by Crippen LogP contribution is -2.31. The maximum Gasteiger partial charge on any atom is 0.304 e. The Labute approximate surface area is 149 Å². The Morgan fingerprint density at radius 3 is 1.77 bits per heavy atom. The quantitative estimate of drug-likeness (QED) is 0.499. The van der Waals surface area contributed by atoms with E-state index in [2.05, 4.69) is 0 Å². The van der Waals surface area contributed by atoms with Gasteiger partial charge in [0.25, 0.3) is 0 Å². The van der Waals surface area contributed by atoms with Crippen molar-refractivity contribution in [3.8, 4) is 0 Å². The summed E-state index contributed by atoms with van der Waals surface area (Å²) in [6.45, 7) is 0.182. The summed E-state index contributed by atoms with van der Waals surface area (Å²) in [6.07, 6.45) is -0.0965. The van der Waals surface area contributed by atoms with E-state index in [-0.39, 0.29) is 31.4 Å². The van der Waals surface area contributed by atoms with Gasteiger partial charge in [-0.1, -0.05) is 85.7 Å². The Morgan fingerprint density at radius 1 is 0.808 bits per heavy atom. The minimum atomic E-state index is -9.66. The lowest BCUT2D eigenvalue weighted by molar-refractivity contribution is -0.0108. The van der Waals surface area contributed by atoms with Gasteiger partial charge in [-0.05, 0) is 24.0 Å². The van der Waals surface area contributed by atoms with Crippen molar-refractivity contribution in [3.05, 3.63) is 82.8 Å². The Morgan fingerprint density at radius 2 is 1.31 bits per heavy atom. The number of hydrogen-bond donors (Lipinski definition) is 0. The molecule has 1 fully saturated rings. The number of ether oxygens (including phenoxy) is 1. The van der Waals surface area contributed by atoms with Crippen LogP contribution < -0.4 is 0 Å². The second-order valence-electron chi connectivity index (χ2n) is 6.49. The molecule has 1 nitrogen and oxygen atoms in total. The van der Waals surface area contributed by atoms with Gasteiger partial charge in [0.2, 0.25) is 0 Å². The van der Waals surface area contributed by atoms with Crippen LogP contribution in [0.2, 0.25) is 0 Å². The Balaban J connectivity index is 2.17. The molecule has 0 amide bonds. The Bertz CT molecular complexity index is 761. The minimum absolute atomic E-state index is 0.0764. The average molecular weight is 390 g/mol. The van der Waals surface area contributed by atoms with Gasteiger partial charge >= 0.3 is 10.2 Å². The molecule has 142 valence electrons. The fourth-order valence-corrected chi connectivity index (χ4v) is 4.20. The summed E-state index contributed by atoms with van der Waals surface area (Å²) < 4.78 is 71.4. The summed E-state index contributed by atoms with van der Waals surface area (Å²) in [4.78, 5) is 0. The van der Waals surface area contributed by atoms with E-state index in [1.165, 1.54) is 0 Å². The lowest BCUT2D eigenvalue weighted by Gasteiger charge is -2.39. The Kier molecular flexibility index (Phi) is 4.24. The molecule has 1 aliphatic rings. The van der Waals surface area contributed by atoms with Gasteiger partial charge in [0.1, 0.15) is 5.60 Å². The van der Waals surface area contributed by atoms with Crippen LogP contribution >= 0.6 is 10.2 Å². The van der Waals surface area contributed by atoms with E-state index in [1.807, 2.05) is 0 Å². The van der Waals surface area contributed by atoms with Crippen molar-refractivity contribution in [1.29, 1.82) is 0 Å². The molecule has 0 spiro atoms.